The summed E-state index contributed by atoms with van der Waals surface area (Å²) in [6.45, 7) is 0.0378. The Morgan fingerprint density at radius 1 is 1.40 bits per heavy atom. The lowest BCUT2D eigenvalue weighted by Gasteiger charge is -2.17. The van der Waals surface area contributed by atoms with Crippen molar-refractivity contribution in [2.75, 3.05) is 6.54 Å². The van der Waals surface area contributed by atoms with Crippen molar-refractivity contribution >= 4 is 5.97 Å². The Morgan fingerprint density at radius 2 is 2.07 bits per heavy atom. The van der Waals surface area contributed by atoms with Gasteiger partial charge in [0.15, 0.2) is 0 Å². The summed E-state index contributed by atoms with van der Waals surface area (Å²) in [5.41, 5.74) is 1.20. The topological polar surface area (TPSA) is 49.3 Å². The maximum absolute atomic E-state index is 10.5. The zero-order valence-corrected chi connectivity index (χ0v) is 8.52. The van der Waals surface area contributed by atoms with Gasteiger partial charge in [-0.15, -0.1) is 0 Å². The molecule has 0 saturated heterocycles. The van der Waals surface area contributed by atoms with Gasteiger partial charge >= 0.3 is 5.97 Å². The maximum Gasteiger partial charge on any atom is 0.317 e. The highest BCUT2D eigenvalue weighted by molar-refractivity contribution is 5.69. The van der Waals surface area contributed by atoms with Crippen molar-refractivity contribution in [1.29, 1.82) is 0 Å². The Balaban J connectivity index is 2.03. The largest absolute Gasteiger partial charge is 0.480 e. The molecule has 1 aliphatic carbocycles. The molecule has 0 amide bonds. The van der Waals surface area contributed by atoms with E-state index in [1.54, 1.807) is 0 Å². The molecule has 0 radical (unpaired) electrons. The van der Waals surface area contributed by atoms with Gasteiger partial charge in [0.05, 0.1) is 6.54 Å². The van der Waals surface area contributed by atoms with E-state index in [1.807, 2.05) is 18.2 Å². The molecule has 1 saturated carbocycles. The maximum atomic E-state index is 10.5. The van der Waals surface area contributed by atoms with E-state index < -0.39 is 5.97 Å². The first-order valence-corrected chi connectivity index (χ1v) is 5.27. The van der Waals surface area contributed by atoms with Crippen molar-refractivity contribution in [3.05, 3.63) is 35.9 Å². The normalized spacial score (nSPS) is 17.3. The molecule has 0 bridgehead atoms. The van der Waals surface area contributed by atoms with Crippen molar-refractivity contribution in [3.8, 4) is 0 Å². The zero-order chi connectivity index (χ0) is 10.7. The fourth-order valence-corrected chi connectivity index (χ4v) is 1.84. The van der Waals surface area contributed by atoms with Crippen LogP contribution in [-0.2, 0) is 4.79 Å². The molecule has 2 N–H and O–H groups in total. The van der Waals surface area contributed by atoms with Crippen LogP contribution in [0.15, 0.2) is 30.3 Å². The van der Waals surface area contributed by atoms with E-state index in [2.05, 4.69) is 17.4 Å². The second-order valence-electron chi connectivity index (χ2n) is 4.00. The minimum atomic E-state index is -0.795. The summed E-state index contributed by atoms with van der Waals surface area (Å²) in [5.74, 6) is -0.177. The van der Waals surface area contributed by atoms with Gasteiger partial charge in [-0.3, -0.25) is 10.1 Å². The van der Waals surface area contributed by atoms with Crippen molar-refractivity contribution in [2.24, 2.45) is 5.92 Å². The van der Waals surface area contributed by atoms with Crippen LogP contribution in [0, 0.1) is 5.92 Å². The van der Waals surface area contributed by atoms with Gasteiger partial charge in [0.25, 0.3) is 0 Å². The number of hydrogen-bond donors (Lipinski definition) is 2. The third kappa shape index (κ3) is 2.80. The highest BCUT2D eigenvalue weighted by Gasteiger charge is 2.32. The van der Waals surface area contributed by atoms with Crippen LogP contribution < -0.4 is 5.32 Å². The summed E-state index contributed by atoms with van der Waals surface area (Å²) in [6.07, 6.45) is 2.40. The quantitative estimate of drug-likeness (QED) is 0.770. The summed E-state index contributed by atoms with van der Waals surface area (Å²) in [5, 5.41) is 11.7. The number of carboxylic acid groups (broad SMARTS) is 1. The lowest BCUT2D eigenvalue weighted by Crippen LogP contribution is -2.28. The van der Waals surface area contributed by atoms with Crippen LogP contribution in [0.5, 0.6) is 0 Å². The number of hydrogen-bond acceptors (Lipinski definition) is 2. The van der Waals surface area contributed by atoms with Gasteiger partial charge in [0.2, 0.25) is 0 Å². The second-order valence-corrected chi connectivity index (χ2v) is 4.00. The monoisotopic (exact) mass is 205 g/mol. The molecule has 0 aromatic heterocycles. The molecule has 1 unspecified atom stereocenters. The van der Waals surface area contributed by atoms with E-state index in [4.69, 9.17) is 5.11 Å². The predicted octanol–water partition coefficient (Wildman–Crippen LogP) is 1.81. The molecule has 2 rings (SSSR count). The summed E-state index contributed by atoms with van der Waals surface area (Å²) < 4.78 is 0. The highest BCUT2D eigenvalue weighted by atomic mass is 16.4. The molecule has 1 aromatic rings. The summed E-state index contributed by atoms with van der Waals surface area (Å²) in [7, 11) is 0. The van der Waals surface area contributed by atoms with Crippen molar-refractivity contribution in [2.45, 2.75) is 18.9 Å². The van der Waals surface area contributed by atoms with Gasteiger partial charge in [-0.2, -0.15) is 0 Å². The van der Waals surface area contributed by atoms with Gasteiger partial charge in [-0.1, -0.05) is 30.3 Å². The van der Waals surface area contributed by atoms with E-state index in [9.17, 15) is 4.79 Å². The Morgan fingerprint density at radius 3 is 2.60 bits per heavy atom. The Hall–Kier alpha value is -1.35. The van der Waals surface area contributed by atoms with E-state index in [0.29, 0.717) is 5.92 Å². The number of nitrogens with one attached hydrogen (secondary N) is 1. The van der Waals surface area contributed by atoms with Crippen LogP contribution in [0.4, 0.5) is 0 Å². The minimum absolute atomic E-state index is 0.0378. The molecule has 3 heteroatoms. The van der Waals surface area contributed by atoms with Gasteiger partial charge < -0.3 is 5.11 Å². The Labute approximate surface area is 89.1 Å². The smallest absolute Gasteiger partial charge is 0.317 e. The first kappa shape index (κ1) is 10.2. The highest BCUT2D eigenvalue weighted by Crippen LogP contribution is 2.40. The first-order valence-electron chi connectivity index (χ1n) is 5.27. The van der Waals surface area contributed by atoms with E-state index >= 15 is 0 Å². The van der Waals surface area contributed by atoms with E-state index in [-0.39, 0.29) is 12.6 Å². The predicted molar refractivity (Wildman–Crippen MR) is 57.5 cm³/mol. The van der Waals surface area contributed by atoms with Gasteiger partial charge in [0, 0.05) is 6.04 Å². The third-order valence-corrected chi connectivity index (χ3v) is 2.73. The number of carbonyl (C=O) groups is 1. The van der Waals surface area contributed by atoms with Crippen LogP contribution in [-0.4, -0.2) is 17.6 Å². The molecule has 3 nitrogen and oxygen atoms in total. The average molecular weight is 205 g/mol. The third-order valence-electron chi connectivity index (χ3n) is 2.73. The fourth-order valence-electron chi connectivity index (χ4n) is 1.84. The van der Waals surface area contributed by atoms with Crippen LogP contribution in [0.25, 0.3) is 0 Å². The van der Waals surface area contributed by atoms with Crippen molar-refractivity contribution in [1.82, 2.24) is 5.32 Å². The lowest BCUT2D eigenvalue weighted by atomic mass is 10.0. The molecule has 0 heterocycles. The van der Waals surface area contributed by atoms with Gasteiger partial charge in [-0.05, 0) is 24.3 Å². The summed E-state index contributed by atoms with van der Waals surface area (Å²) in [6, 6.07) is 10.3. The molecule has 15 heavy (non-hydrogen) atoms. The molecule has 0 aliphatic heterocycles. The van der Waals surface area contributed by atoms with Crippen molar-refractivity contribution in [3.63, 3.8) is 0 Å². The van der Waals surface area contributed by atoms with Crippen molar-refractivity contribution < 1.29 is 9.90 Å². The Bertz CT molecular complexity index is 333. The molecular weight excluding hydrogens is 190 g/mol. The fraction of sp³-hybridized carbons (Fsp3) is 0.417. The second kappa shape index (κ2) is 4.45. The first-order chi connectivity index (χ1) is 7.27. The number of rotatable bonds is 5. The van der Waals surface area contributed by atoms with Crippen LogP contribution in [0.3, 0.4) is 0 Å². The number of aliphatic carboxylic acids is 1. The molecule has 0 spiro atoms. The molecule has 1 fully saturated rings. The SMILES string of the molecule is O=C(O)CNC(c1ccccc1)C1CC1. The minimum Gasteiger partial charge on any atom is -0.480 e. The molecule has 80 valence electrons. The lowest BCUT2D eigenvalue weighted by molar-refractivity contribution is -0.136. The molecule has 1 atom stereocenters. The molecule has 1 aromatic carbocycles. The van der Waals surface area contributed by atoms with Gasteiger partial charge in [0.1, 0.15) is 0 Å². The average Bonchev–Trinajstić information content (AvgIpc) is 3.03. The van der Waals surface area contributed by atoms with E-state index in [0.717, 1.165) is 0 Å². The standard InChI is InChI=1S/C12H15NO2/c14-11(15)8-13-12(10-6-7-10)9-4-2-1-3-5-9/h1-5,10,12-13H,6-8H2,(H,14,15). The van der Waals surface area contributed by atoms with Crippen LogP contribution in [0.2, 0.25) is 0 Å². The number of carboxylic acids is 1. The number of benzene rings is 1. The van der Waals surface area contributed by atoms with Crippen LogP contribution >= 0.6 is 0 Å². The van der Waals surface area contributed by atoms with E-state index in [1.165, 1.54) is 18.4 Å². The zero-order valence-electron chi connectivity index (χ0n) is 8.52. The molecular formula is C12H15NO2. The molecule has 1 aliphatic rings. The summed E-state index contributed by atoms with van der Waals surface area (Å²) in [4.78, 5) is 10.5. The van der Waals surface area contributed by atoms with Gasteiger partial charge in [-0.25, -0.2) is 0 Å². The summed E-state index contributed by atoms with van der Waals surface area (Å²) >= 11 is 0. The van der Waals surface area contributed by atoms with Crippen LogP contribution in [0.1, 0.15) is 24.4 Å². The Kier molecular flexibility index (Phi) is 3.02.